The largest absolute Gasteiger partial charge is 0.493 e. The van der Waals surface area contributed by atoms with E-state index in [1.165, 1.54) is 5.56 Å². The van der Waals surface area contributed by atoms with Crippen molar-refractivity contribution in [1.82, 2.24) is 0 Å². The molecule has 0 spiro atoms. The minimum atomic E-state index is -3.39. The third kappa shape index (κ3) is 7.18. The summed E-state index contributed by atoms with van der Waals surface area (Å²) in [5, 5.41) is 0. The summed E-state index contributed by atoms with van der Waals surface area (Å²) in [7, 11) is 1.83. The van der Waals surface area contributed by atoms with Crippen molar-refractivity contribution in [2.75, 3.05) is 12.4 Å². The Morgan fingerprint density at radius 3 is 2.43 bits per heavy atom. The number of hydrogen-bond donors (Lipinski definition) is 0. The number of hydrogen-bond acceptors (Lipinski definition) is 3. The SMILES string of the molecule is Cc1ccc(C(C)C)cc1OCCC(C)CCS(=O)(=O)Cl. The van der Waals surface area contributed by atoms with Crippen molar-refractivity contribution < 1.29 is 13.2 Å². The predicted octanol–water partition coefficient (Wildman–Crippen LogP) is 4.48. The Morgan fingerprint density at radius 1 is 1.19 bits per heavy atom. The molecule has 0 fully saturated rings. The third-order valence-electron chi connectivity index (χ3n) is 3.60. The van der Waals surface area contributed by atoms with Crippen LogP contribution in [0.3, 0.4) is 0 Å². The molecule has 21 heavy (non-hydrogen) atoms. The van der Waals surface area contributed by atoms with Gasteiger partial charge in [-0.2, -0.15) is 0 Å². The normalized spacial score (nSPS) is 13.4. The highest BCUT2D eigenvalue weighted by molar-refractivity contribution is 8.13. The molecule has 3 nitrogen and oxygen atoms in total. The van der Waals surface area contributed by atoms with Gasteiger partial charge < -0.3 is 4.74 Å². The first-order chi connectivity index (χ1) is 9.69. The monoisotopic (exact) mass is 332 g/mol. The molecule has 0 amide bonds. The Morgan fingerprint density at radius 2 is 1.86 bits per heavy atom. The van der Waals surface area contributed by atoms with Gasteiger partial charge in [-0.05, 0) is 48.8 Å². The van der Waals surface area contributed by atoms with Crippen LogP contribution in [0.5, 0.6) is 5.75 Å². The molecular weight excluding hydrogens is 308 g/mol. The van der Waals surface area contributed by atoms with Gasteiger partial charge in [0.1, 0.15) is 5.75 Å². The second-order valence-electron chi connectivity index (χ2n) is 5.95. The molecule has 1 atom stereocenters. The van der Waals surface area contributed by atoms with Gasteiger partial charge in [-0.3, -0.25) is 0 Å². The molecule has 0 aliphatic heterocycles. The van der Waals surface area contributed by atoms with Gasteiger partial charge in [0.2, 0.25) is 9.05 Å². The standard InChI is InChI=1S/C16H25ClO3S/c1-12(2)15-6-5-14(4)16(11-15)20-9-7-13(3)8-10-21(17,18)19/h5-6,11-13H,7-10H2,1-4H3. The van der Waals surface area contributed by atoms with Gasteiger partial charge >= 0.3 is 0 Å². The van der Waals surface area contributed by atoms with Crippen LogP contribution in [0, 0.1) is 12.8 Å². The van der Waals surface area contributed by atoms with E-state index < -0.39 is 9.05 Å². The molecule has 0 heterocycles. The maximum atomic E-state index is 10.9. The Hall–Kier alpha value is -0.740. The molecule has 1 aromatic rings. The van der Waals surface area contributed by atoms with Crippen LogP contribution in [0.2, 0.25) is 0 Å². The summed E-state index contributed by atoms with van der Waals surface area (Å²) < 4.78 is 27.7. The van der Waals surface area contributed by atoms with E-state index in [1.807, 2.05) is 13.8 Å². The number of ether oxygens (including phenoxy) is 1. The number of rotatable bonds is 8. The van der Waals surface area contributed by atoms with Crippen LogP contribution < -0.4 is 4.74 Å². The summed E-state index contributed by atoms with van der Waals surface area (Å²) >= 11 is 0. The zero-order chi connectivity index (χ0) is 16.0. The lowest BCUT2D eigenvalue weighted by Crippen LogP contribution is -2.09. The fraction of sp³-hybridized carbons (Fsp3) is 0.625. The Labute approximate surface area is 133 Å². The molecule has 0 saturated heterocycles. The molecule has 0 aromatic heterocycles. The smallest absolute Gasteiger partial charge is 0.232 e. The highest BCUT2D eigenvalue weighted by Crippen LogP contribution is 2.24. The molecule has 5 heteroatoms. The van der Waals surface area contributed by atoms with Crippen molar-refractivity contribution >= 4 is 19.7 Å². The van der Waals surface area contributed by atoms with E-state index in [4.69, 9.17) is 15.4 Å². The van der Waals surface area contributed by atoms with E-state index in [0.29, 0.717) is 18.9 Å². The molecule has 0 radical (unpaired) electrons. The molecule has 0 aliphatic rings. The lowest BCUT2D eigenvalue weighted by Gasteiger charge is -2.15. The quantitative estimate of drug-likeness (QED) is 0.659. The first kappa shape index (κ1) is 18.3. The zero-order valence-electron chi connectivity index (χ0n) is 13.2. The Balaban J connectivity index is 2.47. The van der Waals surface area contributed by atoms with Crippen LogP contribution in [0.25, 0.3) is 0 Å². The summed E-state index contributed by atoms with van der Waals surface area (Å²) in [6, 6.07) is 6.29. The summed E-state index contributed by atoms with van der Waals surface area (Å²) in [5.74, 6) is 1.68. The summed E-state index contributed by atoms with van der Waals surface area (Å²) in [6.07, 6.45) is 1.39. The maximum Gasteiger partial charge on any atom is 0.232 e. The number of benzene rings is 1. The van der Waals surface area contributed by atoms with Gasteiger partial charge in [-0.25, -0.2) is 8.42 Å². The van der Waals surface area contributed by atoms with E-state index in [0.717, 1.165) is 17.7 Å². The molecule has 0 N–H and O–H groups in total. The molecule has 0 saturated carbocycles. The minimum absolute atomic E-state index is 0.0254. The van der Waals surface area contributed by atoms with E-state index in [9.17, 15) is 8.42 Å². The molecule has 1 aromatic carbocycles. The average Bonchev–Trinajstić information content (AvgIpc) is 2.37. The van der Waals surface area contributed by atoms with Crippen LogP contribution in [0.1, 0.15) is 50.7 Å². The first-order valence-corrected chi connectivity index (χ1v) is 9.82. The fourth-order valence-corrected chi connectivity index (χ4v) is 2.94. The van der Waals surface area contributed by atoms with Crippen molar-refractivity contribution in [3.63, 3.8) is 0 Å². The molecule has 120 valence electrons. The van der Waals surface area contributed by atoms with Gasteiger partial charge in [-0.15, -0.1) is 0 Å². The lowest BCUT2D eigenvalue weighted by atomic mass is 10.0. The predicted molar refractivity (Wildman–Crippen MR) is 88.8 cm³/mol. The van der Waals surface area contributed by atoms with Gasteiger partial charge in [0, 0.05) is 10.7 Å². The van der Waals surface area contributed by atoms with Gasteiger partial charge in [0.05, 0.1) is 12.4 Å². The van der Waals surface area contributed by atoms with Gasteiger partial charge in [0.15, 0.2) is 0 Å². The van der Waals surface area contributed by atoms with Gasteiger partial charge in [0.25, 0.3) is 0 Å². The van der Waals surface area contributed by atoms with Crippen LogP contribution in [-0.4, -0.2) is 20.8 Å². The van der Waals surface area contributed by atoms with Crippen molar-refractivity contribution in [3.05, 3.63) is 29.3 Å². The van der Waals surface area contributed by atoms with Crippen molar-refractivity contribution in [3.8, 4) is 5.75 Å². The van der Waals surface area contributed by atoms with Crippen molar-refractivity contribution in [2.24, 2.45) is 5.92 Å². The van der Waals surface area contributed by atoms with Crippen LogP contribution >= 0.6 is 10.7 Å². The highest BCUT2D eigenvalue weighted by Gasteiger charge is 2.10. The van der Waals surface area contributed by atoms with Crippen molar-refractivity contribution in [1.29, 1.82) is 0 Å². The zero-order valence-corrected chi connectivity index (χ0v) is 14.8. The number of halogens is 1. The third-order valence-corrected chi connectivity index (χ3v) is 4.79. The molecule has 1 unspecified atom stereocenters. The lowest BCUT2D eigenvalue weighted by molar-refractivity contribution is 0.280. The average molecular weight is 333 g/mol. The van der Waals surface area contributed by atoms with Crippen LogP contribution in [-0.2, 0) is 9.05 Å². The first-order valence-electron chi connectivity index (χ1n) is 7.34. The molecule has 0 aliphatic carbocycles. The second-order valence-corrected chi connectivity index (χ2v) is 8.85. The summed E-state index contributed by atoms with van der Waals surface area (Å²) in [6.45, 7) is 8.95. The minimum Gasteiger partial charge on any atom is -0.493 e. The Kier molecular flexibility index (Phi) is 7.01. The van der Waals surface area contributed by atoms with E-state index >= 15 is 0 Å². The van der Waals surface area contributed by atoms with E-state index in [2.05, 4.69) is 32.0 Å². The van der Waals surface area contributed by atoms with Crippen LogP contribution in [0.15, 0.2) is 18.2 Å². The Bertz CT molecular complexity index is 553. The van der Waals surface area contributed by atoms with Gasteiger partial charge in [-0.1, -0.05) is 32.9 Å². The van der Waals surface area contributed by atoms with Crippen LogP contribution in [0.4, 0.5) is 0 Å². The molecule has 1 rings (SSSR count). The van der Waals surface area contributed by atoms with Crippen molar-refractivity contribution in [2.45, 2.75) is 46.5 Å². The highest BCUT2D eigenvalue weighted by atomic mass is 35.7. The fourth-order valence-electron chi connectivity index (χ4n) is 1.99. The second kappa shape index (κ2) is 8.04. The summed E-state index contributed by atoms with van der Waals surface area (Å²) in [5.41, 5.74) is 2.38. The molecule has 0 bridgehead atoms. The number of aryl methyl sites for hydroxylation is 1. The van der Waals surface area contributed by atoms with E-state index in [1.54, 1.807) is 0 Å². The summed E-state index contributed by atoms with van der Waals surface area (Å²) in [4.78, 5) is 0. The van der Waals surface area contributed by atoms with E-state index in [-0.39, 0.29) is 11.7 Å². The molecular formula is C16H25ClO3S. The maximum absolute atomic E-state index is 10.9. The topological polar surface area (TPSA) is 43.4 Å².